The SMILES string of the molecule is Cc1ccc(C(C(=O)[O-])C(=O)[O-])cc1.[K+].[Li+]. The minimum absolute atomic E-state index is 0. The zero-order valence-electron chi connectivity index (χ0n) is 9.52. The van der Waals surface area contributed by atoms with Gasteiger partial charge in [-0.3, -0.25) is 0 Å². The van der Waals surface area contributed by atoms with Crippen molar-refractivity contribution in [1.29, 1.82) is 0 Å². The molecule has 0 amide bonds. The van der Waals surface area contributed by atoms with Crippen molar-refractivity contribution >= 4 is 11.9 Å². The van der Waals surface area contributed by atoms with Crippen molar-refractivity contribution in [2.75, 3.05) is 0 Å². The van der Waals surface area contributed by atoms with Crippen LogP contribution < -0.4 is 80.5 Å². The van der Waals surface area contributed by atoms with Gasteiger partial charge < -0.3 is 19.8 Å². The van der Waals surface area contributed by atoms with Crippen LogP contribution in [0, 0.1) is 6.92 Å². The number of aryl methyl sites for hydroxylation is 1. The molecule has 0 aliphatic rings. The van der Waals surface area contributed by atoms with Gasteiger partial charge in [-0.15, -0.1) is 0 Å². The molecule has 74 valence electrons. The van der Waals surface area contributed by atoms with Crippen molar-refractivity contribution < 1.29 is 90.0 Å². The van der Waals surface area contributed by atoms with Crippen LogP contribution in [-0.2, 0) is 9.59 Å². The van der Waals surface area contributed by atoms with E-state index >= 15 is 0 Å². The van der Waals surface area contributed by atoms with Crippen LogP contribution in [0.4, 0.5) is 0 Å². The molecule has 0 atom stereocenters. The van der Waals surface area contributed by atoms with Gasteiger partial charge in [0.1, 0.15) is 0 Å². The summed E-state index contributed by atoms with van der Waals surface area (Å²) in [7, 11) is 0. The van der Waals surface area contributed by atoms with E-state index in [9.17, 15) is 19.8 Å². The van der Waals surface area contributed by atoms with Gasteiger partial charge in [-0.1, -0.05) is 29.8 Å². The maximum atomic E-state index is 10.5. The summed E-state index contributed by atoms with van der Waals surface area (Å²) >= 11 is 0. The minimum Gasteiger partial charge on any atom is -0.549 e. The number of benzene rings is 1. The van der Waals surface area contributed by atoms with Crippen molar-refractivity contribution in [2.24, 2.45) is 0 Å². The second-order valence-corrected chi connectivity index (χ2v) is 2.98. The molecule has 0 aliphatic heterocycles. The Morgan fingerprint density at radius 2 is 1.44 bits per heavy atom. The van der Waals surface area contributed by atoms with Crippen LogP contribution in [0.25, 0.3) is 0 Å². The van der Waals surface area contributed by atoms with Gasteiger partial charge in [0.2, 0.25) is 0 Å². The Morgan fingerprint density at radius 3 is 1.75 bits per heavy atom. The molecule has 0 saturated carbocycles. The summed E-state index contributed by atoms with van der Waals surface area (Å²) < 4.78 is 0. The number of carboxylic acid groups (broad SMARTS) is 2. The van der Waals surface area contributed by atoms with Crippen LogP contribution in [0.5, 0.6) is 0 Å². The molecular weight excluding hydrogens is 230 g/mol. The molecule has 0 aromatic heterocycles. The standard InChI is InChI=1S/C10H10O4.K.Li/c1-6-2-4-7(5-3-6)8(9(11)12)10(13)14;;/h2-5,8H,1H3,(H,11,12)(H,13,14);;/q;2*+1/p-2. The zero-order valence-corrected chi connectivity index (χ0v) is 12.6. The fourth-order valence-corrected chi connectivity index (χ4v) is 1.13. The number of rotatable bonds is 3. The van der Waals surface area contributed by atoms with Gasteiger partial charge in [-0.05, 0) is 12.5 Å². The Morgan fingerprint density at radius 1 is 1.06 bits per heavy atom. The number of aliphatic carboxylic acids is 2. The van der Waals surface area contributed by atoms with Crippen LogP contribution >= 0.6 is 0 Å². The molecule has 0 aliphatic carbocycles. The fourth-order valence-electron chi connectivity index (χ4n) is 1.13. The van der Waals surface area contributed by atoms with E-state index in [-0.39, 0.29) is 75.8 Å². The molecule has 1 aromatic rings. The van der Waals surface area contributed by atoms with E-state index in [0.717, 1.165) is 5.56 Å². The fraction of sp³-hybridized carbons (Fsp3) is 0.200. The maximum absolute atomic E-state index is 10.5. The summed E-state index contributed by atoms with van der Waals surface area (Å²) in [6.07, 6.45) is 0. The quantitative estimate of drug-likeness (QED) is 0.387. The average Bonchev–Trinajstić information content (AvgIpc) is 2.07. The third kappa shape index (κ3) is 5.15. The summed E-state index contributed by atoms with van der Waals surface area (Å²) in [5, 5.41) is 21.0. The molecule has 0 unspecified atom stereocenters. The van der Waals surface area contributed by atoms with Crippen molar-refractivity contribution in [3.63, 3.8) is 0 Å². The first-order chi connectivity index (χ1) is 6.52. The van der Waals surface area contributed by atoms with E-state index in [1.54, 1.807) is 12.1 Å². The average molecular weight is 238 g/mol. The van der Waals surface area contributed by atoms with Gasteiger partial charge in [-0.25, -0.2) is 0 Å². The summed E-state index contributed by atoms with van der Waals surface area (Å²) in [6, 6.07) is 6.14. The molecular formula is C10H8KLiO4. The predicted octanol–water partition coefficient (Wildman–Crippen LogP) is -7.41. The van der Waals surface area contributed by atoms with E-state index in [1.807, 2.05) is 6.92 Å². The molecule has 16 heavy (non-hydrogen) atoms. The Hall–Kier alpha value is 0.394. The number of carboxylic acids is 2. The molecule has 0 radical (unpaired) electrons. The smallest absolute Gasteiger partial charge is 0.549 e. The van der Waals surface area contributed by atoms with Crippen LogP contribution in [0.3, 0.4) is 0 Å². The van der Waals surface area contributed by atoms with Gasteiger partial charge in [0.05, 0.1) is 17.9 Å². The summed E-state index contributed by atoms with van der Waals surface area (Å²) in [6.45, 7) is 1.82. The second-order valence-electron chi connectivity index (χ2n) is 2.98. The Labute approximate surface area is 148 Å². The second kappa shape index (κ2) is 8.48. The van der Waals surface area contributed by atoms with E-state index < -0.39 is 17.9 Å². The first-order valence-electron chi connectivity index (χ1n) is 4.00. The summed E-state index contributed by atoms with van der Waals surface area (Å²) in [5.74, 6) is -5.02. The molecule has 0 fully saturated rings. The van der Waals surface area contributed by atoms with Crippen molar-refractivity contribution in [2.45, 2.75) is 12.8 Å². The minimum atomic E-state index is -1.70. The largest absolute Gasteiger partial charge is 1.00 e. The number of carbonyl (C=O) groups is 2. The first kappa shape index (κ1) is 18.8. The number of carbonyl (C=O) groups excluding carboxylic acids is 2. The van der Waals surface area contributed by atoms with Gasteiger partial charge in [0.25, 0.3) is 0 Å². The summed E-state index contributed by atoms with van der Waals surface area (Å²) in [5.41, 5.74) is 1.08. The molecule has 1 aromatic carbocycles. The normalized spacial score (nSPS) is 8.88. The summed E-state index contributed by atoms with van der Waals surface area (Å²) in [4.78, 5) is 21.0. The maximum Gasteiger partial charge on any atom is 1.00 e. The number of hydrogen-bond acceptors (Lipinski definition) is 4. The molecule has 1 rings (SSSR count). The third-order valence-corrected chi connectivity index (χ3v) is 1.88. The van der Waals surface area contributed by atoms with E-state index in [0.29, 0.717) is 0 Å². The van der Waals surface area contributed by atoms with E-state index in [2.05, 4.69) is 0 Å². The zero-order chi connectivity index (χ0) is 10.7. The third-order valence-electron chi connectivity index (χ3n) is 1.88. The molecule has 4 nitrogen and oxygen atoms in total. The monoisotopic (exact) mass is 238 g/mol. The topological polar surface area (TPSA) is 80.3 Å². The van der Waals surface area contributed by atoms with Crippen molar-refractivity contribution in [3.8, 4) is 0 Å². The molecule has 0 N–H and O–H groups in total. The van der Waals surface area contributed by atoms with Crippen molar-refractivity contribution in [3.05, 3.63) is 35.4 Å². The molecule has 0 heterocycles. The van der Waals surface area contributed by atoms with Gasteiger partial charge in [-0.2, -0.15) is 0 Å². The molecule has 0 bridgehead atoms. The van der Waals surface area contributed by atoms with Gasteiger partial charge in [0.15, 0.2) is 0 Å². The van der Waals surface area contributed by atoms with Crippen LogP contribution in [0.1, 0.15) is 17.0 Å². The van der Waals surface area contributed by atoms with E-state index in [1.165, 1.54) is 12.1 Å². The van der Waals surface area contributed by atoms with Crippen molar-refractivity contribution in [1.82, 2.24) is 0 Å². The van der Waals surface area contributed by atoms with Crippen LogP contribution in [0.15, 0.2) is 24.3 Å². The Kier molecular flexibility index (Phi) is 9.94. The van der Waals surface area contributed by atoms with Gasteiger partial charge in [0, 0.05) is 0 Å². The van der Waals surface area contributed by atoms with E-state index in [4.69, 9.17) is 0 Å². The first-order valence-corrected chi connectivity index (χ1v) is 4.00. The number of hydrogen-bond donors (Lipinski definition) is 0. The molecule has 6 heteroatoms. The van der Waals surface area contributed by atoms with Crippen LogP contribution in [-0.4, -0.2) is 11.9 Å². The van der Waals surface area contributed by atoms with Gasteiger partial charge >= 0.3 is 70.2 Å². The molecule has 0 saturated heterocycles. The Balaban J connectivity index is 0. The Bertz CT molecular complexity index is 350. The van der Waals surface area contributed by atoms with Crippen LogP contribution in [0.2, 0.25) is 0 Å². The predicted molar refractivity (Wildman–Crippen MR) is 43.9 cm³/mol. The molecule has 0 spiro atoms.